The molecule has 1 N–H and O–H groups in total. The van der Waals surface area contributed by atoms with Crippen molar-refractivity contribution in [3.8, 4) is 0 Å². The number of carbonyl (C=O) groups excluding carboxylic acids is 2. The smallest absolute Gasteiger partial charge is 0.227 e. The molecule has 5 heteroatoms. The van der Waals surface area contributed by atoms with Gasteiger partial charge in [0.25, 0.3) is 0 Å². The van der Waals surface area contributed by atoms with Crippen LogP contribution in [0.5, 0.6) is 0 Å². The molecule has 0 aliphatic heterocycles. The Morgan fingerprint density at radius 2 is 1.87 bits per heavy atom. The van der Waals surface area contributed by atoms with Gasteiger partial charge in [-0.3, -0.25) is 9.59 Å². The summed E-state index contributed by atoms with van der Waals surface area (Å²) >= 11 is 0. The van der Waals surface area contributed by atoms with Gasteiger partial charge in [0.15, 0.2) is 0 Å². The Balaban J connectivity index is 2.26. The number of Topliss-reactive ketones (excluding diaryl/α,β-unsaturated/α-hetero) is 1. The number of nitroso groups, excluding NO2 is 1. The summed E-state index contributed by atoms with van der Waals surface area (Å²) in [5, 5.41) is 5.78. The molecule has 15 heavy (non-hydrogen) atoms. The quantitative estimate of drug-likeness (QED) is 0.561. The molecule has 0 unspecified atom stereocenters. The summed E-state index contributed by atoms with van der Waals surface area (Å²) in [4.78, 5) is 32.2. The zero-order valence-corrected chi connectivity index (χ0v) is 8.86. The van der Waals surface area contributed by atoms with Crippen molar-refractivity contribution >= 4 is 11.7 Å². The minimum atomic E-state index is -0.218. The second-order valence-electron chi connectivity index (χ2n) is 4.06. The number of rotatable bonds is 4. The first-order chi connectivity index (χ1) is 7.11. The molecule has 0 aromatic rings. The molecule has 0 radical (unpaired) electrons. The van der Waals surface area contributed by atoms with Crippen molar-refractivity contribution in [2.24, 2.45) is 5.18 Å². The molecule has 1 saturated carbocycles. The van der Waals surface area contributed by atoms with Gasteiger partial charge in [0.2, 0.25) is 5.91 Å². The van der Waals surface area contributed by atoms with E-state index in [0.717, 1.165) is 25.7 Å². The Morgan fingerprint density at radius 1 is 1.27 bits per heavy atom. The van der Waals surface area contributed by atoms with Crippen LogP contribution in [0.4, 0.5) is 0 Å². The zero-order chi connectivity index (χ0) is 11.3. The van der Waals surface area contributed by atoms with E-state index in [1.165, 1.54) is 6.92 Å². The zero-order valence-electron chi connectivity index (χ0n) is 8.86. The van der Waals surface area contributed by atoms with Gasteiger partial charge in [-0.2, -0.15) is 4.91 Å². The van der Waals surface area contributed by atoms with Crippen LogP contribution in [0, 0.1) is 4.91 Å². The fourth-order valence-corrected chi connectivity index (χ4v) is 1.83. The van der Waals surface area contributed by atoms with Crippen LogP contribution in [-0.2, 0) is 9.59 Å². The molecular formula is C10H16N2O3. The lowest BCUT2D eigenvalue weighted by molar-refractivity contribution is -0.127. The minimum Gasteiger partial charge on any atom is -0.353 e. The lowest BCUT2D eigenvalue weighted by Crippen LogP contribution is -2.38. The molecule has 0 spiro atoms. The summed E-state index contributed by atoms with van der Waals surface area (Å²) in [5.74, 6) is -0.347. The molecule has 1 amide bonds. The average molecular weight is 212 g/mol. The van der Waals surface area contributed by atoms with E-state index in [1.54, 1.807) is 0 Å². The van der Waals surface area contributed by atoms with Gasteiger partial charge < -0.3 is 5.32 Å². The van der Waals surface area contributed by atoms with Crippen LogP contribution >= 0.6 is 0 Å². The molecule has 1 rings (SSSR count). The first kappa shape index (κ1) is 11.8. The van der Waals surface area contributed by atoms with Crippen LogP contribution in [0.2, 0.25) is 0 Å². The first-order valence-electron chi connectivity index (χ1n) is 5.23. The molecule has 5 nitrogen and oxygen atoms in total. The predicted octanol–water partition coefficient (Wildman–Crippen LogP) is 1.16. The van der Waals surface area contributed by atoms with Crippen molar-refractivity contribution in [1.82, 2.24) is 5.32 Å². The summed E-state index contributed by atoms with van der Waals surface area (Å²) in [7, 11) is 0. The molecule has 1 aliphatic rings. The van der Waals surface area contributed by atoms with E-state index < -0.39 is 0 Å². The van der Waals surface area contributed by atoms with Gasteiger partial charge in [0, 0.05) is 6.04 Å². The van der Waals surface area contributed by atoms with Gasteiger partial charge >= 0.3 is 0 Å². The Hall–Kier alpha value is -1.26. The second kappa shape index (κ2) is 5.58. The molecule has 0 heterocycles. The monoisotopic (exact) mass is 212 g/mol. The van der Waals surface area contributed by atoms with Crippen LogP contribution in [-0.4, -0.2) is 23.8 Å². The topological polar surface area (TPSA) is 75.6 Å². The first-order valence-corrected chi connectivity index (χ1v) is 5.23. The van der Waals surface area contributed by atoms with E-state index in [9.17, 15) is 14.5 Å². The van der Waals surface area contributed by atoms with Gasteiger partial charge in [-0.1, -0.05) is 5.18 Å². The maximum Gasteiger partial charge on any atom is 0.227 e. The Kier molecular flexibility index (Phi) is 4.39. The maximum absolute atomic E-state index is 11.3. The standard InChI is InChI=1S/C10H16N2O3/c1-7(13)6-10(14)11-8-2-4-9(12-15)5-3-8/h8-9H,2-6H2,1H3,(H,11,14). The molecule has 0 atom stereocenters. The SMILES string of the molecule is CC(=O)CC(=O)NC1CCC(N=O)CC1. The van der Waals surface area contributed by atoms with Crippen LogP contribution in [0.15, 0.2) is 5.18 Å². The molecule has 0 aromatic heterocycles. The fourth-order valence-electron chi connectivity index (χ4n) is 1.83. The van der Waals surface area contributed by atoms with Crippen molar-refractivity contribution in [3.63, 3.8) is 0 Å². The summed E-state index contributed by atoms with van der Waals surface area (Å²) < 4.78 is 0. The highest BCUT2D eigenvalue weighted by atomic mass is 16.3. The van der Waals surface area contributed by atoms with E-state index in [0.29, 0.717) is 0 Å². The Morgan fingerprint density at radius 3 is 2.33 bits per heavy atom. The van der Waals surface area contributed by atoms with Gasteiger partial charge in [-0.15, -0.1) is 0 Å². The summed E-state index contributed by atoms with van der Waals surface area (Å²) in [6.45, 7) is 1.40. The minimum absolute atomic E-state index is 0.0497. The van der Waals surface area contributed by atoms with E-state index in [4.69, 9.17) is 0 Å². The van der Waals surface area contributed by atoms with Crippen LogP contribution in [0.1, 0.15) is 39.0 Å². The van der Waals surface area contributed by atoms with E-state index in [-0.39, 0.29) is 30.2 Å². The second-order valence-corrected chi connectivity index (χ2v) is 4.06. The molecule has 1 aliphatic carbocycles. The Labute approximate surface area is 88.6 Å². The largest absolute Gasteiger partial charge is 0.353 e. The van der Waals surface area contributed by atoms with Crippen molar-refractivity contribution in [2.75, 3.05) is 0 Å². The molecule has 1 fully saturated rings. The lowest BCUT2D eigenvalue weighted by Gasteiger charge is -2.25. The predicted molar refractivity (Wildman–Crippen MR) is 55.3 cm³/mol. The number of ketones is 1. The number of nitrogens with one attached hydrogen (secondary N) is 1. The van der Waals surface area contributed by atoms with Crippen molar-refractivity contribution in [1.29, 1.82) is 0 Å². The molecule has 0 bridgehead atoms. The van der Waals surface area contributed by atoms with E-state index >= 15 is 0 Å². The summed E-state index contributed by atoms with van der Waals surface area (Å²) in [6.07, 6.45) is 2.97. The normalized spacial score (nSPS) is 25.7. The highest BCUT2D eigenvalue weighted by Gasteiger charge is 2.22. The van der Waals surface area contributed by atoms with Gasteiger partial charge in [-0.05, 0) is 32.6 Å². The highest BCUT2D eigenvalue weighted by Crippen LogP contribution is 2.20. The summed E-state index contributed by atoms with van der Waals surface area (Å²) in [6, 6.07) is 0.0146. The lowest BCUT2D eigenvalue weighted by atomic mass is 9.91. The maximum atomic E-state index is 11.3. The van der Waals surface area contributed by atoms with Crippen LogP contribution < -0.4 is 5.32 Å². The van der Waals surface area contributed by atoms with Crippen molar-refractivity contribution < 1.29 is 9.59 Å². The average Bonchev–Trinajstić information content (AvgIpc) is 2.17. The fraction of sp³-hybridized carbons (Fsp3) is 0.800. The number of hydrogen-bond donors (Lipinski definition) is 1. The van der Waals surface area contributed by atoms with Crippen LogP contribution in [0.25, 0.3) is 0 Å². The number of amides is 1. The van der Waals surface area contributed by atoms with Gasteiger partial charge in [0.1, 0.15) is 5.78 Å². The van der Waals surface area contributed by atoms with Gasteiger partial charge in [0.05, 0.1) is 12.5 Å². The summed E-state index contributed by atoms with van der Waals surface area (Å²) in [5.41, 5.74) is 0. The molecule has 0 saturated heterocycles. The van der Waals surface area contributed by atoms with Crippen LogP contribution in [0.3, 0.4) is 0 Å². The Bertz CT molecular complexity index is 257. The third-order valence-corrected chi connectivity index (χ3v) is 2.62. The highest BCUT2D eigenvalue weighted by molar-refractivity contribution is 5.96. The van der Waals surface area contributed by atoms with Gasteiger partial charge in [-0.25, -0.2) is 0 Å². The third kappa shape index (κ3) is 4.18. The number of carbonyl (C=O) groups is 2. The molecule has 0 aromatic carbocycles. The van der Waals surface area contributed by atoms with E-state index in [2.05, 4.69) is 10.5 Å². The number of hydrogen-bond acceptors (Lipinski definition) is 4. The molecule has 84 valence electrons. The van der Waals surface area contributed by atoms with Crippen molar-refractivity contribution in [3.05, 3.63) is 4.91 Å². The van der Waals surface area contributed by atoms with E-state index in [1.807, 2.05) is 0 Å². The van der Waals surface area contributed by atoms with Crippen molar-refractivity contribution in [2.45, 2.75) is 51.1 Å². The number of nitrogens with zero attached hydrogens (tertiary/aromatic N) is 1. The molecular weight excluding hydrogens is 196 g/mol. The third-order valence-electron chi connectivity index (χ3n) is 2.62.